The van der Waals surface area contributed by atoms with Gasteiger partial charge in [0.1, 0.15) is 0 Å². The third-order valence-corrected chi connectivity index (χ3v) is 4.24. The predicted octanol–water partition coefficient (Wildman–Crippen LogP) is 2.00. The Morgan fingerprint density at radius 1 is 1.50 bits per heavy atom. The van der Waals surface area contributed by atoms with Crippen LogP contribution in [0.25, 0.3) is 0 Å². The first-order valence-corrected chi connectivity index (χ1v) is 6.17. The third kappa shape index (κ3) is 2.25. The van der Waals surface area contributed by atoms with Crippen molar-refractivity contribution in [1.29, 1.82) is 0 Å². The lowest BCUT2D eigenvalue weighted by molar-refractivity contribution is -0.123. The minimum atomic E-state index is 0.244. The molecule has 1 N–H and O–H groups in total. The zero-order valence-electron chi connectivity index (χ0n) is 8.75. The smallest absolute Gasteiger partial charge is 0.220 e. The van der Waals surface area contributed by atoms with Crippen molar-refractivity contribution in [2.75, 3.05) is 5.75 Å². The van der Waals surface area contributed by atoms with Crippen LogP contribution in [0.5, 0.6) is 0 Å². The van der Waals surface area contributed by atoms with Crippen LogP contribution in [0.4, 0.5) is 0 Å². The summed E-state index contributed by atoms with van der Waals surface area (Å²) in [5, 5.41) is 3.10. The number of rotatable bonds is 4. The molecule has 2 saturated carbocycles. The Hall–Kier alpha value is -0.180. The fourth-order valence-corrected chi connectivity index (χ4v) is 2.64. The van der Waals surface area contributed by atoms with Gasteiger partial charge in [0.05, 0.1) is 0 Å². The lowest BCUT2D eigenvalue weighted by atomic mass is 9.82. The Kier molecular flexibility index (Phi) is 2.78. The van der Waals surface area contributed by atoms with Crippen LogP contribution in [-0.4, -0.2) is 17.7 Å². The van der Waals surface area contributed by atoms with E-state index in [-0.39, 0.29) is 11.3 Å². The molecule has 2 nitrogen and oxygen atoms in total. The maximum absolute atomic E-state index is 11.6. The van der Waals surface area contributed by atoms with Crippen molar-refractivity contribution in [3.8, 4) is 0 Å². The molecule has 1 amide bonds. The summed E-state index contributed by atoms with van der Waals surface area (Å²) in [5.41, 5.74) is 0.266. The van der Waals surface area contributed by atoms with Gasteiger partial charge in [0.25, 0.3) is 0 Å². The van der Waals surface area contributed by atoms with Crippen molar-refractivity contribution in [1.82, 2.24) is 5.32 Å². The molecule has 0 aromatic carbocycles. The second-order valence-corrected chi connectivity index (χ2v) is 5.49. The van der Waals surface area contributed by atoms with Crippen LogP contribution in [0.3, 0.4) is 0 Å². The Bertz CT molecular complexity index is 231. The third-order valence-electron chi connectivity index (χ3n) is 3.57. The Labute approximate surface area is 91.2 Å². The Morgan fingerprint density at radius 3 is 2.57 bits per heavy atom. The van der Waals surface area contributed by atoms with Crippen LogP contribution in [0.15, 0.2) is 0 Å². The van der Waals surface area contributed by atoms with Crippen LogP contribution in [-0.2, 0) is 4.79 Å². The molecule has 0 bridgehead atoms. The molecule has 0 unspecified atom stereocenters. The number of carbonyl (C=O) groups excluding carboxylic acids is 1. The van der Waals surface area contributed by atoms with Crippen molar-refractivity contribution in [3.63, 3.8) is 0 Å². The zero-order valence-corrected chi connectivity index (χ0v) is 9.65. The number of amides is 1. The molecule has 2 fully saturated rings. The number of nitrogens with one attached hydrogen (secondary N) is 1. The highest BCUT2D eigenvalue weighted by Crippen LogP contribution is 2.49. The minimum Gasteiger partial charge on any atom is -0.353 e. The maximum atomic E-state index is 11.6. The highest BCUT2D eigenvalue weighted by atomic mass is 32.1. The molecule has 0 aromatic rings. The molecule has 2 aliphatic carbocycles. The van der Waals surface area contributed by atoms with Crippen molar-refractivity contribution in [2.24, 2.45) is 11.3 Å². The number of hydrogen-bond donors (Lipinski definition) is 2. The van der Waals surface area contributed by atoms with Gasteiger partial charge < -0.3 is 5.32 Å². The SMILES string of the molecule is CC1CC(NC(=O)CC2(CS)CC2)C1. The number of thiol groups is 1. The molecule has 2 aliphatic rings. The van der Waals surface area contributed by atoms with Crippen LogP contribution >= 0.6 is 12.6 Å². The molecule has 0 heterocycles. The monoisotopic (exact) mass is 213 g/mol. The van der Waals surface area contributed by atoms with Gasteiger partial charge in [0.15, 0.2) is 0 Å². The molecule has 0 saturated heterocycles. The van der Waals surface area contributed by atoms with E-state index in [0.717, 1.165) is 11.7 Å². The molecule has 80 valence electrons. The fourth-order valence-electron chi connectivity index (χ4n) is 2.21. The van der Waals surface area contributed by atoms with Crippen molar-refractivity contribution < 1.29 is 4.79 Å². The first-order chi connectivity index (χ1) is 6.63. The van der Waals surface area contributed by atoms with Gasteiger partial charge >= 0.3 is 0 Å². The summed E-state index contributed by atoms with van der Waals surface area (Å²) in [6.45, 7) is 2.23. The average molecular weight is 213 g/mol. The van der Waals surface area contributed by atoms with Gasteiger partial charge in [-0.25, -0.2) is 0 Å². The van der Waals surface area contributed by atoms with E-state index in [1.807, 2.05) is 0 Å². The summed E-state index contributed by atoms with van der Waals surface area (Å²) in [6, 6.07) is 0.466. The second kappa shape index (κ2) is 3.76. The molecule has 2 rings (SSSR count). The van der Waals surface area contributed by atoms with E-state index in [9.17, 15) is 4.79 Å². The van der Waals surface area contributed by atoms with Crippen LogP contribution in [0.2, 0.25) is 0 Å². The molecular weight excluding hydrogens is 194 g/mol. The molecular formula is C11H19NOS. The van der Waals surface area contributed by atoms with E-state index in [2.05, 4.69) is 24.9 Å². The van der Waals surface area contributed by atoms with Gasteiger partial charge in [-0.2, -0.15) is 12.6 Å². The highest BCUT2D eigenvalue weighted by molar-refractivity contribution is 7.80. The van der Waals surface area contributed by atoms with Gasteiger partial charge in [-0.05, 0) is 42.8 Å². The normalized spacial score (nSPS) is 33.3. The van der Waals surface area contributed by atoms with Crippen molar-refractivity contribution >= 4 is 18.5 Å². The predicted molar refractivity (Wildman–Crippen MR) is 60.5 cm³/mol. The van der Waals surface area contributed by atoms with Crippen LogP contribution in [0, 0.1) is 11.3 Å². The summed E-state index contributed by atoms with van der Waals surface area (Å²) in [5.74, 6) is 1.91. The van der Waals surface area contributed by atoms with Crippen molar-refractivity contribution in [3.05, 3.63) is 0 Å². The largest absolute Gasteiger partial charge is 0.353 e. The summed E-state index contributed by atoms with van der Waals surface area (Å²) < 4.78 is 0. The van der Waals surface area contributed by atoms with Crippen LogP contribution < -0.4 is 5.32 Å². The Morgan fingerprint density at radius 2 is 2.14 bits per heavy atom. The van der Waals surface area contributed by atoms with E-state index in [4.69, 9.17) is 0 Å². The minimum absolute atomic E-state index is 0.244. The first kappa shape index (κ1) is 10.3. The lowest BCUT2D eigenvalue weighted by Gasteiger charge is -2.33. The topological polar surface area (TPSA) is 29.1 Å². The standard InChI is InChI=1S/C11H19NOS/c1-8-4-9(5-8)12-10(13)6-11(7-14)2-3-11/h8-9,14H,2-7H2,1H3,(H,12,13). The van der Waals surface area contributed by atoms with Gasteiger partial charge in [0, 0.05) is 12.5 Å². The van der Waals surface area contributed by atoms with E-state index in [0.29, 0.717) is 12.5 Å². The summed E-state index contributed by atoms with van der Waals surface area (Å²) >= 11 is 4.30. The van der Waals surface area contributed by atoms with Gasteiger partial charge in [-0.3, -0.25) is 4.79 Å². The Balaban J connectivity index is 1.69. The van der Waals surface area contributed by atoms with Crippen LogP contribution in [0.1, 0.15) is 39.0 Å². The molecule has 14 heavy (non-hydrogen) atoms. The maximum Gasteiger partial charge on any atom is 0.220 e. The molecule has 3 heteroatoms. The molecule has 0 spiro atoms. The van der Waals surface area contributed by atoms with Gasteiger partial charge in [0.2, 0.25) is 5.91 Å². The van der Waals surface area contributed by atoms with E-state index < -0.39 is 0 Å². The second-order valence-electron chi connectivity index (χ2n) is 5.18. The summed E-state index contributed by atoms with van der Waals surface area (Å²) in [4.78, 5) is 11.6. The lowest BCUT2D eigenvalue weighted by Crippen LogP contribution is -2.44. The van der Waals surface area contributed by atoms with Gasteiger partial charge in [-0.15, -0.1) is 0 Å². The van der Waals surface area contributed by atoms with Gasteiger partial charge in [-0.1, -0.05) is 6.92 Å². The molecule has 0 atom stereocenters. The summed E-state index contributed by atoms with van der Waals surface area (Å²) in [7, 11) is 0. The molecule has 0 aliphatic heterocycles. The quantitative estimate of drug-likeness (QED) is 0.687. The fraction of sp³-hybridized carbons (Fsp3) is 0.909. The molecule has 0 aromatic heterocycles. The summed E-state index contributed by atoms with van der Waals surface area (Å²) in [6.07, 6.45) is 5.40. The van der Waals surface area contributed by atoms with E-state index >= 15 is 0 Å². The number of carbonyl (C=O) groups is 1. The average Bonchev–Trinajstić information content (AvgIpc) is 2.83. The highest BCUT2D eigenvalue weighted by Gasteiger charge is 2.43. The first-order valence-electron chi connectivity index (χ1n) is 5.54. The molecule has 0 radical (unpaired) electrons. The number of hydrogen-bond acceptors (Lipinski definition) is 2. The van der Waals surface area contributed by atoms with E-state index in [1.165, 1.54) is 25.7 Å². The van der Waals surface area contributed by atoms with Crippen molar-refractivity contribution in [2.45, 2.75) is 45.1 Å². The van der Waals surface area contributed by atoms with E-state index in [1.54, 1.807) is 0 Å². The zero-order chi connectivity index (χ0) is 10.2.